The lowest BCUT2D eigenvalue weighted by molar-refractivity contribution is 0.0691. The number of Topliss-reactive ketones (excluding diaryl/α,β-unsaturated/α-hetero) is 1. The molecule has 0 bridgehead atoms. The van der Waals surface area contributed by atoms with Crippen LogP contribution in [0.15, 0.2) is 24.3 Å². The molecule has 0 fully saturated rings. The van der Waals surface area contributed by atoms with Crippen LogP contribution in [-0.4, -0.2) is 16.9 Å². The first-order valence-electron chi connectivity index (χ1n) is 11.0. The Balaban J connectivity index is 1.97. The zero-order chi connectivity index (χ0) is 19.7. The highest BCUT2D eigenvalue weighted by molar-refractivity contribution is 6.05. The third kappa shape index (κ3) is 10.9. The van der Waals surface area contributed by atoms with Gasteiger partial charge in [0.05, 0.1) is 5.56 Å². The van der Waals surface area contributed by atoms with Crippen LogP contribution >= 0.6 is 0 Å². The second-order valence-electron chi connectivity index (χ2n) is 7.62. The van der Waals surface area contributed by atoms with Crippen molar-refractivity contribution in [3.05, 3.63) is 35.4 Å². The topological polar surface area (TPSA) is 54.4 Å². The molecular formula is C24H38O3. The van der Waals surface area contributed by atoms with Gasteiger partial charge in [0, 0.05) is 12.0 Å². The highest BCUT2D eigenvalue weighted by Crippen LogP contribution is 2.16. The molecule has 0 spiro atoms. The molecule has 1 aromatic carbocycles. The molecule has 1 rings (SSSR count). The van der Waals surface area contributed by atoms with Crippen LogP contribution in [-0.2, 0) is 0 Å². The van der Waals surface area contributed by atoms with Crippen molar-refractivity contribution in [2.75, 3.05) is 0 Å². The number of benzene rings is 1. The Morgan fingerprint density at radius 2 is 1.07 bits per heavy atom. The van der Waals surface area contributed by atoms with E-state index in [-0.39, 0.29) is 11.3 Å². The molecule has 27 heavy (non-hydrogen) atoms. The molecule has 0 heterocycles. The highest BCUT2D eigenvalue weighted by atomic mass is 16.4. The van der Waals surface area contributed by atoms with Crippen molar-refractivity contribution in [2.45, 2.75) is 103 Å². The Hall–Kier alpha value is -1.64. The van der Waals surface area contributed by atoms with Gasteiger partial charge in [0.2, 0.25) is 0 Å². The lowest BCUT2D eigenvalue weighted by Gasteiger charge is -2.05. The maximum Gasteiger partial charge on any atom is 0.336 e. The monoisotopic (exact) mass is 374 g/mol. The molecule has 152 valence electrons. The van der Waals surface area contributed by atoms with E-state index in [4.69, 9.17) is 5.11 Å². The van der Waals surface area contributed by atoms with Crippen molar-refractivity contribution in [1.29, 1.82) is 0 Å². The van der Waals surface area contributed by atoms with E-state index < -0.39 is 5.97 Å². The Bertz CT molecular complexity index is 536. The molecule has 0 unspecified atom stereocenters. The van der Waals surface area contributed by atoms with Gasteiger partial charge in [-0.25, -0.2) is 4.79 Å². The molecule has 3 nitrogen and oxygen atoms in total. The Morgan fingerprint density at radius 3 is 1.52 bits per heavy atom. The first-order chi connectivity index (χ1) is 13.2. The normalized spacial score (nSPS) is 10.9. The molecule has 0 radical (unpaired) electrons. The zero-order valence-corrected chi connectivity index (χ0v) is 17.2. The van der Waals surface area contributed by atoms with Crippen molar-refractivity contribution in [3.8, 4) is 0 Å². The summed E-state index contributed by atoms with van der Waals surface area (Å²) in [5.74, 6) is -1.08. The van der Waals surface area contributed by atoms with Gasteiger partial charge in [-0.15, -0.1) is 0 Å². The highest BCUT2D eigenvalue weighted by Gasteiger charge is 2.14. The first kappa shape index (κ1) is 23.4. The van der Waals surface area contributed by atoms with Crippen molar-refractivity contribution in [2.24, 2.45) is 0 Å². The van der Waals surface area contributed by atoms with Crippen LogP contribution in [0.2, 0.25) is 0 Å². The first-order valence-corrected chi connectivity index (χ1v) is 11.0. The minimum absolute atomic E-state index is 0.0491. The van der Waals surface area contributed by atoms with Crippen LogP contribution < -0.4 is 0 Å². The molecule has 0 aromatic heterocycles. The summed E-state index contributed by atoms with van der Waals surface area (Å²) in [6.45, 7) is 2.26. The summed E-state index contributed by atoms with van der Waals surface area (Å²) in [4.78, 5) is 23.4. The van der Waals surface area contributed by atoms with Gasteiger partial charge in [-0.1, -0.05) is 109 Å². The van der Waals surface area contributed by atoms with Gasteiger partial charge in [0.25, 0.3) is 0 Å². The smallest absolute Gasteiger partial charge is 0.336 e. The summed E-state index contributed by atoms with van der Waals surface area (Å²) in [6.07, 6.45) is 18.5. The van der Waals surface area contributed by atoms with Gasteiger partial charge in [-0.2, -0.15) is 0 Å². The molecule has 0 aliphatic rings. The van der Waals surface area contributed by atoms with Crippen LogP contribution in [0, 0.1) is 0 Å². The number of carboxylic acids is 1. The molecule has 1 aromatic rings. The van der Waals surface area contributed by atoms with Crippen molar-refractivity contribution in [3.63, 3.8) is 0 Å². The number of ketones is 1. The van der Waals surface area contributed by atoms with Crippen molar-refractivity contribution in [1.82, 2.24) is 0 Å². The molecule has 0 amide bonds. The lowest BCUT2D eigenvalue weighted by atomic mass is 9.99. The average molecular weight is 375 g/mol. The molecule has 0 aliphatic carbocycles. The number of hydrogen-bond acceptors (Lipinski definition) is 2. The average Bonchev–Trinajstić information content (AvgIpc) is 2.68. The molecule has 0 saturated carbocycles. The standard InChI is InChI=1S/C24H38O3/c1-2-3-4-5-6-7-8-9-10-11-12-13-14-15-20-23(25)21-18-16-17-19-22(21)24(26)27/h16-19H,2-15,20H2,1H3,(H,26,27). The van der Waals surface area contributed by atoms with E-state index in [1.807, 2.05) is 0 Å². The van der Waals surface area contributed by atoms with E-state index in [1.165, 1.54) is 83.1 Å². The van der Waals surface area contributed by atoms with E-state index in [9.17, 15) is 9.59 Å². The number of carboxylic acid groups (broad SMARTS) is 1. The van der Waals surface area contributed by atoms with Gasteiger partial charge in [0.1, 0.15) is 0 Å². The van der Waals surface area contributed by atoms with Crippen molar-refractivity contribution >= 4 is 11.8 Å². The number of hydrogen-bond donors (Lipinski definition) is 1. The molecule has 0 atom stereocenters. The third-order valence-corrected chi connectivity index (χ3v) is 5.22. The van der Waals surface area contributed by atoms with Gasteiger partial charge in [0.15, 0.2) is 5.78 Å². The predicted octanol–water partition coefficient (Wildman–Crippen LogP) is 7.44. The fraction of sp³-hybridized carbons (Fsp3) is 0.667. The van der Waals surface area contributed by atoms with E-state index in [1.54, 1.807) is 18.2 Å². The number of unbranched alkanes of at least 4 members (excludes halogenated alkanes) is 13. The second-order valence-corrected chi connectivity index (χ2v) is 7.62. The summed E-state index contributed by atoms with van der Waals surface area (Å²) in [5, 5.41) is 9.16. The van der Waals surface area contributed by atoms with Crippen LogP contribution in [0.5, 0.6) is 0 Å². The van der Waals surface area contributed by atoms with E-state index >= 15 is 0 Å². The van der Waals surface area contributed by atoms with Gasteiger partial charge >= 0.3 is 5.97 Å². The summed E-state index contributed by atoms with van der Waals surface area (Å²) in [5.41, 5.74) is 0.465. The quantitative estimate of drug-likeness (QED) is 0.228. The summed E-state index contributed by atoms with van der Waals surface area (Å²) in [7, 11) is 0. The van der Waals surface area contributed by atoms with Crippen LogP contribution in [0.4, 0.5) is 0 Å². The Kier molecular flexibility index (Phi) is 13.4. The molecular weight excluding hydrogens is 336 g/mol. The summed E-state index contributed by atoms with van der Waals surface area (Å²) in [6, 6.07) is 6.51. The van der Waals surface area contributed by atoms with E-state index in [0.29, 0.717) is 12.0 Å². The molecule has 1 N–H and O–H groups in total. The number of rotatable bonds is 17. The largest absolute Gasteiger partial charge is 0.478 e. The lowest BCUT2D eigenvalue weighted by Crippen LogP contribution is -2.08. The number of carbonyl (C=O) groups excluding carboxylic acids is 1. The maximum absolute atomic E-state index is 12.2. The SMILES string of the molecule is CCCCCCCCCCCCCCCCC(=O)c1ccccc1C(=O)O. The summed E-state index contributed by atoms with van der Waals surface area (Å²) < 4.78 is 0. The van der Waals surface area contributed by atoms with Gasteiger partial charge in [-0.3, -0.25) is 4.79 Å². The number of aromatic carboxylic acids is 1. The van der Waals surface area contributed by atoms with Gasteiger partial charge in [-0.05, 0) is 12.5 Å². The minimum atomic E-state index is -1.03. The van der Waals surface area contributed by atoms with Crippen LogP contribution in [0.25, 0.3) is 0 Å². The maximum atomic E-state index is 12.2. The van der Waals surface area contributed by atoms with Crippen LogP contribution in [0.3, 0.4) is 0 Å². The molecule has 3 heteroatoms. The van der Waals surface area contributed by atoms with E-state index in [0.717, 1.165) is 12.8 Å². The minimum Gasteiger partial charge on any atom is -0.478 e. The summed E-state index contributed by atoms with van der Waals surface area (Å²) >= 11 is 0. The molecule has 0 saturated heterocycles. The third-order valence-electron chi connectivity index (χ3n) is 5.22. The predicted molar refractivity (Wildman–Crippen MR) is 113 cm³/mol. The Morgan fingerprint density at radius 1 is 0.667 bits per heavy atom. The fourth-order valence-corrected chi connectivity index (χ4v) is 3.53. The van der Waals surface area contributed by atoms with E-state index in [2.05, 4.69) is 6.92 Å². The van der Waals surface area contributed by atoms with Crippen LogP contribution in [0.1, 0.15) is 124 Å². The van der Waals surface area contributed by atoms with Gasteiger partial charge < -0.3 is 5.11 Å². The fourth-order valence-electron chi connectivity index (χ4n) is 3.53. The molecule has 0 aliphatic heterocycles. The second kappa shape index (κ2) is 15.4. The Labute approximate surface area is 165 Å². The zero-order valence-electron chi connectivity index (χ0n) is 17.2. The number of carbonyl (C=O) groups is 2. The van der Waals surface area contributed by atoms with Crippen molar-refractivity contribution < 1.29 is 14.7 Å².